The largest absolute Gasteiger partial charge is 1.00 e. The van der Waals surface area contributed by atoms with Gasteiger partial charge in [0.2, 0.25) is 0 Å². The Morgan fingerprint density at radius 2 is 1.70 bits per heavy atom. The van der Waals surface area contributed by atoms with Crippen molar-refractivity contribution in [3.05, 3.63) is 48.6 Å². The van der Waals surface area contributed by atoms with Crippen LogP contribution < -0.4 is 69.3 Å². The summed E-state index contributed by atoms with van der Waals surface area (Å²) in [6, 6.07) is 7.69. The van der Waals surface area contributed by atoms with E-state index in [1.54, 1.807) is 18.2 Å². The summed E-state index contributed by atoms with van der Waals surface area (Å²) in [6.45, 7) is 3.18. The molecule has 1 aromatic carbocycles. The Morgan fingerprint density at radius 3 is 2.00 bits per heavy atom. The number of hydrogen-bond acceptors (Lipinski definition) is 6. The number of aliphatic carboxylic acids is 2. The van der Waals surface area contributed by atoms with Crippen molar-refractivity contribution in [2.45, 2.75) is 11.7 Å². The molecule has 0 amide bonds. The number of hydrogen-bond donors (Lipinski definition) is 1. The number of rotatable bonds is 7. The van der Waals surface area contributed by atoms with Crippen LogP contribution in [0.4, 0.5) is 0 Å². The van der Waals surface area contributed by atoms with Crippen LogP contribution in [0.25, 0.3) is 0 Å². The van der Waals surface area contributed by atoms with Gasteiger partial charge in [0.15, 0.2) is 0 Å². The number of carboxylic acids is 2. The van der Waals surface area contributed by atoms with Gasteiger partial charge in [-0.2, -0.15) is 8.42 Å². The molecule has 0 radical (unpaired) electrons. The fourth-order valence-electron chi connectivity index (χ4n) is 2.07. The second kappa shape index (κ2) is 9.95. The van der Waals surface area contributed by atoms with E-state index in [-0.39, 0.29) is 59.1 Å². The van der Waals surface area contributed by atoms with Crippen molar-refractivity contribution in [3.8, 4) is 0 Å². The van der Waals surface area contributed by atoms with E-state index in [2.05, 4.69) is 6.58 Å². The molecule has 1 aromatic rings. The number of carbonyl (C=O) groups excluding carboxylic acids is 2. The van der Waals surface area contributed by atoms with E-state index in [1.807, 2.05) is 0 Å². The van der Waals surface area contributed by atoms with Gasteiger partial charge in [0.25, 0.3) is 10.1 Å². The van der Waals surface area contributed by atoms with Crippen molar-refractivity contribution in [2.75, 3.05) is 0 Å². The predicted octanol–water partition coefficient (Wildman–Crippen LogP) is -7.83. The summed E-state index contributed by atoms with van der Waals surface area (Å²) in [4.78, 5) is 22.5. The molecular formula is C13H12Na2O7S. The minimum atomic E-state index is -5.25. The molecule has 2 unspecified atom stereocenters. The summed E-state index contributed by atoms with van der Waals surface area (Å²) in [5, 5.41) is 19.7. The molecule has 0 saturated carbocycles. The molecule has 0 bridgehead atoms. The second-order valence-corrected chi connectivity index (χ2v) is 5.91. The van der Waals surface area contributed by atoms with Crippen LogP contribution in [0.1, 0.15) is 5.56 Å². The minimum absolute atomic E-state index is 0. The van der Waals surface area contributed by atoms with E-state index < -0.39 is 39.1 Å². The molecule has 2 atom stereocenters. The van der Waals surface area contributed by atoms with Crippen LogP contribution in [-0.4, -0.2) is 30.2 Å². The maximum atomic E-state index is 11.4. The van der Waals surface area contributed by atoms with Gasteiger partial charge in [0, 0.05) is 0 Å². The van der Waals surface area contributed by atoms with Gasteiger partial charge in [-0.15, -0.1) is 6.58 Å². The molecule has 0 aromatic heterocycles. The Kier molecular flexibility index (Phi) is 10.8. The van der Waals surface area contributed by atoms with Gasteiger partial charge >= 0.3 is 59.1 Å². The normalized spacial score (nSPS) is 14.3. The van der Waals surface area contributed by atoms with Crippen LogP contribution in [-0.2, 0) is 26.1 Å². The monoisotopic (exact) mass is 358 g/mol. The molecule has 23 heavy (non-hydrogen) atoms. The molecular weight excluding hydrogens is 346 g/mol. The Bertz CT molecular complexity index is 660. The smallest absolute Gasteiger partial charge is 0.549 e. The number of carbonyl (C=O) groups is 2. The zero-order valence-electron chi connectivity index (χ0n) is 12.8. The van der Waals surface area contributed by atoms with Gasteiger partial charge in [0.1, 0.15) is 5.25 Å². The first-order chi connectivity index (χ1) is 9.65. The van der Waals surface area contributed by atoms with E-state index >= 15 is 0 Å². The Labute approximate surface area is 178 Å². The van der Waals surface area contributed by atoms with Crippen LogP contribution >= 0.6 is 0 Å². The maximum absolute atomic E-state index is 11.4. The third kappa shape index (κ3) is 5.99. The third-order valence-corrected chi connectivity index (χ3v) is 4.27. The van der Waals surface area contributed by atoms with E-state index in [1.165, 1.54) is 12.1 Å². The van der Waals surface area contributed by atoms with Crippen molar-refractivity contribution in [2.24, 2.45) is 5.41 Å². The molecule has 0 heterocycles. The topological polar surface area (TPSA) is 135 Å². The Morgan fingerprint density at radius 1 is 1.22 bits per heavy atom. The molecule has 114 valence electrons. The van der Waals surface area contributed by atoms with Gasteiger partial charge in [-0.05, 0) is 12.0 Å². The standard InChI is InChI=1S/C13H14O7S.2Na/c1-2-13(12(16)17,8-9-6-4-3-5-7-9)10(11(14)15)21(18,19)20;;/h2-7,10H,1,8H2,(H,14,15)(H,16,17)(H,18,19,20);;/q;2*+1/p-2. The molecule has 0 aliphatic heterocycles. The fraction of sp³-hybridized carbons (Fsp3) is 0.231. The first-order valence-electron chi connectivity index (χ1n) is 5.71. The molecule has 10 heteroatoms. The predicted molar refractivity (Wildman–Crippen MR) is 68.1 cm³/mol. The second-order valence-electron chi connectivity index (χ2n) is 4.41. The van der Waals surface area contributed by atoms with Crippen molar-refractivity contribution >= 4 is 22.1 Å². The summed E-state index contributed by atoms with van der Waals surface area (Å²) >= 11 is 0. The van der Waals surface area contributed by atoms with E-state index in [9.17, 15) is 28.2 Å². The van der Waals surface area contributed by atoms with E-state index in [0.29, 0.717) is 11.6 Å². The Hall–Kier alpha value is -0.190. The fourth-order valence-corrected chi connectivity index (χ4v) is 3.12. The first kappa shape index (κ1) is 25.1. The summed E-state index contributed by atoms with van der Waals surface area (Å²) in [5.41, 5.74) is -2.23. The molecule has 0 saturated heterocycles. The molecule has 0 aliphatic rings. The molecule has 1 rings (SSSR count). The molecule has 0 fully saturated rings. The van der Waals surface area contributed by atoms with Crippen molar-refractivity contribution in [1.82, 2.24) is 0 Å². The van der Waals surface area contributed by atoms with Gasteiger partial charge < -0.3 is 19.8 Å². The SMILES string of the molecule is C=CC(Cc1ccccc1)(C(=O)[O-])C(C(=O)[O-])S(=O)(=O)O.[Na+].[Na+]. The average molecular weight is 358 g/mol. The summed E-state index contributed by atoms with van der Waals surface area (Å²) in [5.74, 6) is -4.24. The summed E-state index contributed by atoms with van der Waals surface area (Å²) in [6.07, 6.45) is 0.0850. The van der Waals surface area contributed by atoms with Crippen LogP contribution in [0.3, 0.4) is 0 Å². The summed E-state index contributed by atoms with van der Waals surface area (Å²) < 4.78 is 31.6. The van der Waals surface area contributed by atoms with Crippen LogP contribution in [0.15, 0.2) is 43.0 Å². The molecule has 0 spiro atoms. The van der Waals surface area contributed by atoms with Crippen LogP contribution in [0.5, 0.6) is 0 Å². The van der Waals surface area contributed by atoms with E-state index in [0.717, 1.165) is 0 Å². The Balaban J connectivity index is 0. The van der Waals surface area contributed by atoms with Gasteiger partial charge in [-0.1, -0.05) is 36.4 Å². The first-order valence-corrected chi connectivity index (χ1v) is 7.21. The molecule has 0 aliphatic carbocycles. The third-order valence-electron chi connectivity index (χ3n) is 3.06. The van der Waals surface area contributed by atoms with Gasteiger partial charge in [-0.25, -0.2) is 0 Å². The molecule has 1 N–H and O–H groups in total. The zero-order chi connectivity index (χ0) is 16.3. The van der Waals surface area contributed by atoms with Gasteiger partial charge in [0.05, 0.1) is 17.4 Å². The quantitative estimate of drug-likeness (QED) is 0.291. The van der Waals surface area contributed by atoms with E-state index in [4.69, 9.17) is 4.55 Å². The van der Waals surface area contributed by atoms with Crippen molar-refractivity contribution in [3.63, 3.8) is 0 Å². The number of carboxylic acid groups (broad SMARTS) is 2. The van der Waals surface area contributed by atoms with Crippen LogP contribution in [0.2, 0.25) is 0 Å². The van der Waals surface area contributed by atoms with Crippen molar-refractivity contribution in [1.29, 1.82) is 0 Å². The maximum Gasteiger partial charge on any atom is 1.00 e. The van der Waals surface area contributed by atoms with Crippen molar-refractivity contribution < 1.29 is 91.9 Å². The minimum Gasteiger partial charge on any atom is -0.549 e. The summed E-state index contributed by atoms with van der Waals surface area (Å²) in [7, 11) is -5.25. The zero-order valence-corrected chi connectivity index (χ0v) is 17.6. The molecule has 7 nitrogen and oxygen atoms in total. The average Bonchev–Trinajstić information content (AvgIpc) is 2.36. The van der Waals surface area contributed by atoms with Gasteiger partial charge in [-0.3, -0.25) is 4.55 Å². The van der Waals surface area contributed by atoms with Crippen LogP contribution in [0, 0.1) is 5.41 Å². The number of benzene rings is 1.